The zero-order valence-corrected chi connectivity index (χ0v) is 23.3. The highest BCUT2D eigenvalue weighted by Crippen LogP contribution is 2.29. The van der Waals surface area contributed by atoms with Gasteiger partial charge in [-0.15, -0.1) is 11.3 Å². The number of fused-ring (bicyclic) bond motifs is 1. The lowest BCUT2D eigenvalue weighted by Crippen LogP contribution is -2.32. The van der Waals surface area contributed by atoms with Crippen LogP contribution in [0.25, 0.3) is 0 Å². The smallest absolute Gasteiger partial charge is 0.263 e. The molecule has 0 saturated carbocycles. The highest BCUT2D eigenvalue weighted by atomic mass is 32.2. The third-order valence-corrected chi connectivity index (χ3v) is 8.83. The van der Waals surface area contributed by atoms with Crippen LogP contribution in [0.5, 0.6) is 0 Å². The van der Waals surface area contributed by atoms with Gasteiger partial charge in [-0.05, 0) is 52.6 Å². The summed E-state index contributed by atoms with van der Waals surface area (Å²) in [5.74, 6) is 0. The van der Waals surface area contributed by atoms with Gasteiger partial charge in [-0.3, -0.25) is 9.62 Å². The number of thiazole rings is 1. The number of hydrogen-bond donors (Lipinski definition) is 1. The fourth-order valence-electron chi connectivity index (χ4n) is 4.24. The van der Waals surface area contributed by atoms with E-state index >= 15 is 0 Å². The average molecular weight is 512 g/mol. The Hall–Kier alpha value is -2.22. The van der Waals surface area contributed by atoms with Crippen molar-refractivity contribution in [1.29, 1.82) is 0 Å². The van der Waals surface area contributed by atoms with E-state index in [0.29, 0.717) is 10.0 Å². The van der Waals surface area contributed by atoms with Gasteiger partial charge in [0.1, 0.15) is 0 Å². The predicted molar refractivity (Wildman–Crippen MR) is 146 cm³/mol. The summed E-state index contributed by atoms with van der Waals surface area (Å²) in [5, 5.41) is 2.33. The second-order valence-corrected chi connectivity index (χ2v) is 14.1. The summed E-state index contributed by atoms with van der Waals surface area (Å²) in [6.45, 7) is 15.7. The van der Waals surface area contributed by atoms with Crippen LogP contribution < -0.4 is 4.72 Å². The molecule has 1 aliphatic rings. The average Bonchev–Trinajstić information content (AvgIpc) is 3.25. The molecule has 2 aromatic carbocycles. The molecule has 1 aliphatic heterocycles. The van der Waals surface area contributed by atoms with Gasteiger partial charge in [0, 0.05) is 30.4 Å². The number of benzene rings is 2. The summed E-state index contributed by atoms with van der Waals surface area (Å²) >= 11 is 1.32. The van der Waals surface area contributed by atoms with Crippen LogP contribution in [0.15, 0.2) is 52.7 Å². The molecule has 0 aliphatic carbocycles. The number of nitrogens with zero attached hydrogens (tertiary/aromatic N) is 2. The van der Waals surface area contributed by atoms with Crippen LogP contribution >= 0.6 is 11.3 Å². The molecule has 1 aromatic heterocycles. The normalized spacial score (nSPS) is 15.1. The third kappa shape index (κ3) is 6.32. The minimum absolute atomic E-state index is 0.117. The molecule has 188 valence electrons. The molecule has 0 radical (unpaired) electrons. The maximum Gasteiger partial charge on any atom is 0.263 e. The first-order chi connectivity index (χ1) is 16.3. The summed E-state index contributed by atoms with van der Waals surface area (Å²) in [4.78, 5) is 7.23. The molecule has 0 amide bonds. The van der Waals surface area contributed by atoms with Crippen molar-refractivity contribution in [3.8, 4) is 0 Å². The summed E-state index contributed by atoms with van der Waals surface area (Å²) in [6.07, 6.45) is 1.87. The van der Waals surface area contributed by atoms with E-state index < -0.39 is 10.0 Å². The monoisotopic (exact) mass is 511 g/mol. The van der Waals surface area contributed by atoms with E-state index in [9.17, 15) is 8.42 Å². The topological polar surface area (TPSA) is 62.3 Å². The molecule has 0 unspecified atom stereocenters. The van der Waals surface area contributed by atoms with Crippen LogP contribution in [0, 0.1) is 0 Å². The Balaban J connectivity index is 1.38. The van der Waals surface area contributed by atoms with Crippen molar-refractivity contribution < 1.29 is 8.42 Å². The Labute approximate surface area is 214 Å². The van der Waals surface area contributed by atoms with Gasteiger partial charge < -0.3 is 0 Å². The zero-order valence-electron chi connectivity index (χ0n) is 21.7. The zero-order chi connectivity index (χ0) is 25.4. The first kappa shape index (κ1) is 25.9. The largest absolute Gasteiger partial charge is 0.298 e. The first-order valence-electron chi connectivity index (χ1n) is 12.2. The number of anilines is 1. The summed E-state index contributed by atoms with van der Waals surface area (Å²) < 4.78 is 28.7. The number of sulfonamides is 1. The van der Waals surface area contributed by atoms with Crippen LogP contribution in [-0.4, -0.2) is 31.4 Å². The van der Waals surface area contributed by atoms with E-state index in [1.54, 1.807) is 6.07 Å². The number of hydrogen-bond acceptors (Lipinski definition) is 5. The molecule has 0 spiro atoms. The van der Waals surface area contributed by atoms with Gasteiger partial charge in [0.2, 0.25) is 0 Å². The summed E-state index contributed by atoms with van der Waals surface area (Å²) in [5.41, 5.74) is 5.98. The van der Waals surface area contributed by atoms with Gasteiger partial charge >= 0.3 is 0 Å². The highest BCUT2D eigenvalue weighted by Gasteiger charge is 2.23. The van der Waals surface area contributed by atoms with Crippen molar-refractivity contribution in [3.63, 3.8) is 0 Å². The summed E-state index contributed by atoms with van der Waals surface area (Å²) in [7, 11) is -3.67. The molecule has 0 saturated heterocycles. The molecule has 0 atom stereocenters. The Kier molecular flexibility index (Phi) is 7.15. The molecule has 2 heterocycles. The first-order valence-corrected chi connectivity index (χ1v) is 14.6. The molecule has 7 heteroatoms. The van der Waals surface area contributed by atoms with E-state index in [1.807, 2.05) is 17.5 Å². The van der Waals surface area contributed by atoms with Gasteiger partial charge in [-0.1, -0.05) is 71.9 Å². The molecular weight excluding hydrogens is 474 g/mol. The molecule has 3 aromatic rings. The maximum atomic E-state index is 13.0. The van der Waals surface area contributed by atoms with Crippen molar-refractivity contribution in [2.75, 3.05) is 17.8 Å². The van der Waals surface area contributed by atoms with Crippen LogP contribution in [0.1, 0.15) is 69.5 Å². The van der Waals surface area contributed by atoms with Gasteiger partial charge in [0.25, 0.3) is 10.0 Å². The fourth-order valence-corrected chi connectivity index (χ4v) is 6.48. The van der Waals surface area contributed by atoms with Crippen molar-refractivity contribution in [2.45, 2.75) is 76.7 Å². The van der Waals surface area contributed by atoms with E-state index in [4.69, 9.17) is 0 Å². The van der Waals surface area contributed by atoms with Crippen LogP contribution in [-0.2, 0) is 40.2 Å². The van der Waals surface area contributed by atoms with Gasteiger partial charge in [0.05, 0.1) is 10.6 Å². The molecule has 4 rings (SSSR count). The van der Waals surface area contributed by atoms with E-state index in [-0.39, 0.29) is 10.8 Å². The maximum absolute atomic E-state index is 13.0. The number of rotatable bonds is 6. The Bertz CT molecular complexity index is 1280. The second kappa shape index (κ2) is 9.68. The van der Waals surface area contributed by atoms with Crippen molar-refractivity contribution in [2.24, 2.45) is 0 Å². The standard InChI is InChI=1S/C28H37N3O2S2/c1-27(2,3)23-10-7-20(8-11-23)13-15-31-16-14-21-17-24(12-9-22(21)18-31)35(32,33)30-26-29-25(19-34-26)28(4,5)6/h7-12,17,19H,13-16,18H2,1-6H3,(H,29,30). The Morgan fingerprint density at radius 1 is 0.971 bits per heavy atom. The summed E-state index contributed by atoms with van der Waals surface area (Å²) in [6, 6.07) is 14.5. The SMILES string of the molecule is CC(C)(C)c1ccc(CCN2CCc3cc(S(=O)(=O)Nc4nc(C(C)(C)C)cs4)ccc3C2)cc1. The molecule has 0 bridgehead atoms. The fraction of sp³-hybridized carbons (Fsp3) is 0.464. The van der Waals surface area contributed by atoms with Crippen molar-refractivity contribution >= 4 is 26.5 Å². The molecule has 35 heavy (non-hydrogen) atoms. The van der Waals surface area contributed by atoms with E-state index in [1.165, 1.54) is 28.0 Å². The predicted octanol–water partition coefficient (Wildman–Crippen LogP) is 6.14. The number of aromatic nitrogens is 1. The minimum Gasteiger partial charge on any atom is -0.298 e. The number of nitrogens with one attached hydrogen (secondary N) is 1. The quantitative estimate of drug-likeness (QED) is 0.432. The van der Waals surface area contributed by atoms with Gasteiger partial charge in [-0.25, -0.2) is 13.4 Å². The van der Waals surface area contributed by atoms with Crippen LogP contribution in [0.2, 0.25) is 0 Å². The van der Waals surface area contributed by atoms with Crippen molar-refractivity contribution in [3.05, 3.63) is 75.8 Å². The molecule has 1 N–H and O–H groups in total. The minimum atomic E-state index is -3.67. The Morgan fingerprint density at radius 3 is 2.31 bits per heavy atom. The third-order valence-electron chi connectivity index (χ3n) is 6.61. The van der Waals surface area contributed by atoms with Crippen LogP contribution in [0.3, 0.4) is 0 Å². The van der Waals surface area contributed by atoms with E-state index in [2.05, 4.69) is 80.4 Å². The molecular formula is C28H37N3O2S2. The lowest BCUT2D eigenvalue weighted by atomic mass is 9.86. The van der Waals surface area contributed by atoms with Gasteiger partial charge in [-0.2, -0.15) is 0 Å². The second-order valence-electron chi connectivity index (χ2n) is 11.5. The molecule has 0 fully saturated rings. The van der Waals surface area contributed by atoms with Crippen molar-refractivity contribution in [1.82, 2.24) is 9.88 Å². The van der Waals surface area contributed by atoms with E-state index in [0.717, 1.165) is 43.7 Å². The Morgan fingerprint density at radius 2 is 1.69 bits per heavy atom. The van der Waals surface area contributed by atoms with Gasteiger partial charge in [0.15, 0.2) is 5.13 Å². The lowest BCUT2D eigenvalue weighted by molar-refractivity contribution is 0.257. The highest BCUT2D eigenvalue weighted by molar-refractivity contribution is 7.93. The molecule has 5 nitrogen and oxygen atoms in total. The lowest BCUT2D eigenvalue weighted by Gasteiger charge is -2.29. The van der Waals surface area contributed by atoms with Crippen LogP contribution in [0.4, 0.5) is 5.13 Å².